The number of hydrogen-bond donors (Lipinski definition) is 0. The van der Waals surface area contributed by atoms with E-state index in [0.29, 0.717) is 17.9 Å². The lowest BCUT2D eigenvalue weighted by Crippen LogP contribution is -2.37. The summed E-state index contributed by atoms with van der Waals surface area (Å²) in [6, 6.07) is 4.86. The van der Waals surface area contributed by atoms with E-state index in [4.69, 9.17) is 9.47 Å². The fourth-order valence-corrected chi connectivity index (χ4v) is 2.23. The van der Waals surface area contributed by atoms with Crippen LogP contribution < -0.4 is 4.74 Å². The maximum atomic E-state index is 10.7. The Morgan fingerprint density at radius 3 is 2.80 bits per heavy atom. The van der Waals surface area contributed by atoms with E-state index < -0.39 is 0 Å². The maximum Gasteiger partial charge on any atom is 0.272 e. The second kappa shape index (κ2) is 7.21. The van der Waals surface area contributed by atoms with Crippen LogP contribution in [0.4, 0.5) is 5.69 Å². The zero-order valence-electron chi connectivity index (χ0n) is 11.7. The lowest BCUT2D eigenvalue weighted by Gasteiger charge is -2.26. The van der Waals surface area contributed by atoms with Crippen LogP contribution in [0, 0.1) is 17.0 Å². The van der Waals surface area contributed by atoms with Crippen LogP contribution in [0.15, 0.2) is 18.2 Å². The number of benzene rings is 1. The molecule has 0 unspecified atom stereocenters. The SMILES string of the molecule is Cc1cc(OCCCN2CCOCC2)ccc1[N+](=O)[O-]. The molecule has 0 spiro atoms. The van der Waals surface area contributed by atoms with Gasteiger partial charge in [-0.3, -0.25) is 15.0 Å². The number of nitrogens with zero attached hydrogens (tertiary/aromatic N) is 2. The number of ether oxygens (including phenoxy) is 2. The molecule has 6 nitrogen and oxygen atoms in total. The minimum Gasteiger partial charge on any atom is -0.494 e. The van der Waals surface area contributed by atoms with Gasteiger partial charge in [0.05, 0.1) is 24.7 Å². The van der Waals surface area contributed by atoms with E-state index in [1.54, 1.807) is 19.1 Å². The Morgan fingerprint density at radius 2 is 2.15 bits per heavy atom. The molecule has 0 radical (unpaired) electrons. The molecule has 6 heteroatoms. The largest absolute Gasteiger partial charge is 0.494 e. The van der Waals surface area contributed by atoms with Crippen LogP contribution in [-0.4, -0.2) is 49.3 Å². The third-order valence-corrected chi connectivity index (χ3v) is 3.36. The summed E-state index contributed by atoms with van der Waals surface area (Å²) < 4.78 is 10.9. The molecule has 0 saturated carbocycles. The van der Waals surface area contributed by atoms with Gasteiger partial charge in [0.25, 0.3) is 5.69 Å². The molecular formula is C14H20N2O4. The molecule has 1 aromatic rings. The first kappa shape index (κ1) is 14.7. The highest BCUT2D eigenvalue weighted by Gasteiger charge is 2.11. The van der Waals surface area contributed by atoms with E-state index in [9.17, 15) is 10.1 Å². The molecule has 0 aliphatic carbocycles. The lowest BCUT2D eigenvalue weighted by molar-refractivity contribution is -0.385. The molecule has 20 heavy (non-hydrogen) atoms. The van der Waals surface area contributed by atoms with E-state index in [-0.39, 0.29) is 10.6 Å². The summed E-state index contributed by atoms with van der Waals surface area (Å²) in [5.74, 6) is 0.690. The van der Waals surface area contributed by atoms with Crippen molar-refractivity contribution in [3.63, 3.8) is 0 Å². The summed E-state index contributed by atoms with van der Waals surface area (Å²) in [6.07, 6.45) is 0.941. The average molecular weight is 280 g/mol. The van der Waals surface area contributed by atoms with Crippen molar-refractivity contribution in [2.45, 2.75) is 13.3 Å². The molecule has 0 bridgehead atoms. The summed E-state index contributed by atoms with van der Waals surface area (Å²) in [4.78, 5) is 12.7. The molecule has 1 fully saturated rings. The molecule has 1 aliphatic heterocycles. The Morgan fingerprint density at radius 1 is 1.40 bits per heavy atom. The third kappa shape index (κ3) is 4.18. The smallest absolute Gasteiger partial charge is 0.272 e. The number of morpholine rings is 1. The van der Waals surface area contributed by atoms with Crippen LogP contribution in [0.5, 0.6) is 5.75 Å². The van der Waals surface area contributed by atoms with Crippen LogP contribution in [-0.2, 0) is 4.74 Å². The minimum atomic E-state index is -0.377. The molecule has 110 valence electrons. The van der Waals surface area contributed by atoms with Crippen molar-refractivity contribution in [1.82, 2.24) is 4.90 Å². The highest BCUT2D eigenvalue weighted by atomic mass is 16.6. The summed E-state index contributed by atoms with van der Waals surface area (Å²) in [5.41, 5.74) is 0.756. The number of nitro groups is 1. The normalized spacial score (nSPS) is 16.1. The van der Waals surface area contributed by atoms with Crippen molar-refractivity contribution in [1.29, 1.82) is 0 Å². The molecule has 1 aromatic carbocycles. The topological polar surface area (TPSA) is 64.8 Å². The maximum absolute atomic E-state index is 10.7. The summed E-state index contributed by atoms with van der Waals surface area (Å²) in [6.45, 7) is 6.92. The van der Waals surface area contributed by atoms with Crippen LogP contribution in [0.2, 0.25) is 0 Å². The second-order valence-corrected chi connectivity index (χ2v) is 4.86. The fraction of sp³-hybridized carbons (Fsp3) is 0.571. The Hall–Kier alpha value is -1.66. The molecular weight excluding hydrogens is 260 g/mol. The van der Waals surface area contributed by atoms with E-state index in [0.717, 1.165) is 39.3 Å². The molecule has 2 rings (SSSR count). The van der Waals surface area contributed by atoms with Crippen molar-refractivity contribution in [2.75, 3.05) is 39.5 Å². The molecule has 1 saturated heterocycles. The molecule has 1 heterocycles. The third-order valence-electron chi connectivity index (χ3n) is 3.36. The monoisotopic (exact) mass is 280 g/mol. The van der Waals surface area contributed by atoms with Crippen LogP contribution in [0.25, 0.3) is 0 Å². The second-order valence-electron chi connectivity index (χ2n) is 4.86. The van der Waals surface area contributed by atoms with Crippen LogP contribution in [0.1, 0.15) is 12.0 Å². The van der Waals surface area contributed by atoms with Gasteiger partial charge in [0.15, 0.2) is 0 Å². The van der Waals surface area contributed by atoms with Crippen molar-refractivity contribution in [2.24, 2.45) is 0 Å². The highest BCUT2D eigenvalue weighted by Crippen LogP contribution is 2.23. The van der Waals surface area contributed by atoms with E-state index in [1.165, 1.54) is 6.07 Å². The van der Waals surface area contributed by atoms with Gasteiger partial charge < -0.3 is 9.47 Å². The zero-order chi connectivity index (χ0) is 14.4. The number of aryl methyl sites for hydroxylation is 1. The first-order valence-corrected chi connectivity index (χ1v) is 6.85. The Balaban J connectivity index is 1.73. The predicted molar refractivity (Wildman–Crippen MR) is 75.2 cm³/mol. The van der Waals surface area contributed by atoms with E-state index >= 15 is 0 Å². The Kier molecular flexibility index (Phi) is 5.31. The van der Waals surface area contributed by atoms with Gasteiger partial charge in [0.1, 0.15) is 5.75 Å². The Labute approximate surface area is 118 Å². The van der Waals surface area contributed by atoms with Crippen molar-refractivity contribution in [3.05, 3.63) is 33.9 Å². The first-order chi connectivity index (χ1) is 9.66. The van der Waals surface area contributed by atoms with Gasteiger partial charge in [0.2, 0.25) is 0 Å². The molecule has 0 atom stereocenters. The van der Waals surface area contributed by atoms with Crippen molar-refractivity contribution < 1.29 is 14.4 Å². The first-order valence-electron chi connectivity index (χ1n) is 6.85. The molecule has 0 aromatic heterocycles. The lowest BCUT2D eigenvalue weighted by atomic mass is 10.2. The molecule has 1 aliphatic rings. The van der Waals surface area contributed by atoms with Crippen molar-refractivity contribution in [3.8, 4) is 5.75 Å². The molecule has 0 amide bonds. The van der Waals surface area contributed by atoms with Gasteiger partial charge in [-0.05, 0) is 25.5 Å². The Bertz CT molecular complexity index is 458. The van der Waals surface area contributed by atoms with Gasteiger partial charge in [-0.1, -0.05) is 0 Å². The predicted octanol–water partition coefficient (Wildman–Crippen LogP) is 2.00. The van der Waals surface area contributed by atoms with Crippen LogP contribution in [0.3, 0.4) is 0 Å². The number of rotatable bonds is 6. The van der Waals surface area contributed by atoms with Crippen LogP contribution >= 0.6 is 0 Å². The summed E-state index contributed by atoms with van der Waals surface area (Å²) >= 11 is 0. The summed E-state index contributed by atoms with van der Waals surface area (Å²) in [5, 5.41) is 10.7. The molecule has 0 N–H and O–H groups in total. The standard InChI is InChI=1S/C14H20N2O4/c1-12-11-13(3-4-14(12)16(17)18)20-8-2-5-15-6-9-19-10-7-15/h3-4,11H,2,5-10H2,1H3. The van der Waals surface area contributed by atoms with Gasteiger partial charge in [-0.2, -0.15) is 0 Å². The zero-order valence-corrected chi connectivity index (χ0v) is 11.7. The van der Waals surface area contributed by atoms with Gasteiger partial charge >= 0.3 is 0 Å². The quantitative estimate of drug-likeness (QED) is 0.453. The summed E-state index contributed by atoms with van der Waals surface area (Å²) in [7, 11) is 0. The van der Waals surface area contributed by atoms with E-state index in [2.05, 4.69) is 4.90 Å². The van der Waals surface area contributed by atoms with E-state index in [1.807, 2.05) is 0 Å². The van der Waals surface area contributed by atoms with Gasteiger partial charge in [-0.15, -0.1) is 0 Å². The number of hydrogen-bond acceptors (Lipinski definition) is 5. The minimum absolute atomic E-state index is 0.130. The number of nitro benzene ring substituents is 1. The highest BCUT2D eigenvalue weighted by molar-refractivity contribution is 5.44. The average Bonchev–Trinajstić information content (AvgIpc) is 2.44. The van der Waals surface area contributed by atoms with Crippen molar-refractivity contribution >= 4 is 5.69 Å². The fourth-order valence-electron chi connectivity index (χ4n) is 2.23. The van der Waals surface area contributed by atoms with Gasteiger partial charge in [0, 0.05) is 31.3 Å². The van der Waals surface area contributed by atoms with Gasteiger partial charge in [-0.25, -0.2) is 0 Å².